The molecule has 4 aromatic heterocycles. The molecule has 0 aliphatic rings. The second-order valence-corrected chi connectivity index (χ2v) is 16.7. The molecular formula is C59H33N5. The van der Waals surface area contributed by atoms with Crippen molar-refractivity contribution in [2.24, 2.45) is 0 Å². The maximum Gasteiger partial charge on any atom is 0.104 e. The van der Waals surface area contributed by atoms with Crippen molar-refractivity contribution in [1.29, 1.82) is 5.26 Å². The van der Waals surface area contributed by atoms with Crippen LogP contribution in [0.4, 0.5) is 0 Å². The van der Waals surface area contributed by atoms with E-state index in [-0.39, 0.29) is 0 Å². The number of nitriles is 1. The van der Waals surface area contributed by atoms with E-state index in [2.05, 4.69) is 201 Å². The Morgan fingerprint density at radius 3 is 1.03 bits per heavy atom. The van der Waals surface area contributed by atoms with Crippen LogP contribution in [-0.2, 0) is 0 Å². The van der Waals surface area contributed by atoms with Crippen LogP contribution in [0.15, 0.2) is 201 Å². The van der Waals surface area contributed by atoms with Gasteiger partial charge in [0.25, 0.3) is 0 Å². The second-order valence-electron chi connectivity index (χ2n) is 16.7. The Balaban J connectivity index is 1.30. The molecule has 14 rings (SSSR count). The lowest BCUT2D eigenvalue weighted by Gasteiger charge is -2.27. The van der Waals surface area contributed by atoms with E-state index in [1.54, 1.807) is 0 Å². The number of benzene rings is 10. The first-order valence-corrected chi connectivity index (χ1v) is 21.6. The Kier molecular flexibility index (Phi) is 7.12. The first-order chi connectivity index (χ1) is 31.8. The summed E-state index contributed by atoms with van der Waals surface area (Å²) < 4.78 is 4.79. The number of hydrogen-bond acceptors (Lipinski definition) is 3. The monoisotopic (exact) mass is 811 g/mol. The van der Waals surface area contributed by atoms with E-state index in [9.17, 15) is 5.26 Å². The Hall–Kier alpha value is -8.85. The van der Waals surface area contributed by atoms with Gasteiger partial charge in [-0.05, 0) is 85.4 Å². The topological polar surface area (TPSA) is 59.4 Å². The number of rotatable bonds is 5. The van der Waals surface area contributed by atoms with Crippen molar-refractivity contribution in [3.63, 3.8) is 0 Å². The van der Waals surface area contributed by atoms with Gasteiger partial charge >= 0.3 is 0 Å². The zero-order chi connectivity index (χ0) is 42.0. The van der Waals surface area contributed by atoms with Crippen molar-refractivity contribution < 1.29 is 0 Å². The molecule has 0 saturated carbocycles. The fourth-order valence-corrected chi connectivity index (χ4v) is 11.2. The molecular weight excluding hydrogens is 779 g/mol. The Morgan fingerprint density at radius 2 is 0.672 bits per heavy atom. The van der Waals surface area contributed by atoms with Gasteiger partial charge in [-0.1, -0.05) is 140 Å². The van der Waals surface area contributed by atoms with E-state index < -0.39 is 0 Å². The van der Waals surface area contributed by atoms with Crippen LogP contribution in [0.25, 0.3) is 131 Å². The molecule has 5 heteroatoms. The Morgan fingerprint density at radius 1 is 0.328 bits per heavy atom. The molecule has 0 unspecified atom stereocenters. The molecule has 294 valence electrons. The number of pyridine rings is 2. The minimum Gasteiger partial charge on any atom is -0.307 e. The molecule has 10 aromatic carbocycles. The standard InChI is InChI=1S/C59H33N5/c60-32-44-58(63-47-24-10-20-40-38-28-30-61-33-45(38)42-22-12-26-49(63)56(42)54(40)47)52(36-16-6-2-7-17-36)51(35-14-4-1-5-15-35)53(37-18-8-3-9-19-37)59(44)64-48-25-11-21-41-39-29-31-62-34-46(39)43-23-13-27-50(64)57(43)55(41)48/h1-31,33-34H. The van der Waals surface area contributed by atoms with Gasteiger partial charge in [0, 0.05) is 73.8 Å². The van der Waals surface area contributed by atoms with Crippen LogP contribution >= 0.6 is 0 Å². The molecule has 0 bridgehead atoms. The van der Waals surface area contributed by atoms with Gasteiger partial charge < -0.3 is 9.13 Å². The van der Waals surface area contributed by atoms with Crippen LogP contribution in [0, 0.1) is 11.3 Å². The van der Waals surface area contributed by atoms with E-state index in [0.717, 1.165) is 121 Å². The predicted octanol–water partition coefficient (Wildman–Crippen LogP) is 15.0. The Labute approximate surface area is 366 Å². The summed E-state index contributed by atoms with van der Waals surface area (Å²) in [4.78, 5) is 9.23. The molecule has 64 heavy (non-hydrogen) atoms. The van der Waals surface area contributed by atoms with Gasteiger partial charge in [0.1, 0.15) is 11.6 Å². The van der Waals surface area contributed by atoms with E-state index in [1.165, 1.54) is 10.8 Å². The lowest BCUT2D eigenvalue weighted by molar-refractivity contribution is 1.12. The maximum atomic E-state index is 12.3. The highest BCUT2D eigenvalue weighted by atomic mass is 15.0. The van der Waals surface area contributed by atoms with E-state index in [0.29, 0.717) is 5.56 Å². The molecule has 0 saturated heterocycles. The lowest BCUT2D eigenvalue weighted by atomic mass is 9.82. The van der Waals surface area contributed by atoms with Gasteiger partial charge in [0.15, 0.2) is 0 Å². The number of nitrogens with zero attached hydrogens (tertiary/aromatic N) is 5. The molecule has 0 radical (unpaired) electrons. The van der Waals surface area contributed by atoms with Gasteiger partial charge in [-0.2, -0.15) is 5.26 Å². The third-order valence-electron chi connectivity index (χ3n) is 13.6. The zero-order valence-corrected chi connectivity index (χ0v) is 34.3. The van der Waals surface area contributed by atoms with Crippen LogP contribution in [0.1, 0.15) is 5.56 Å². The second kappa shape index (κ2) is 13.1. The number of aromatic nitrogens is 4. The van der Waals surface area contributed by atoms with Gasteiger partial charge in [-0.3, -0.25) is 9.97 Å². The maximum absolute atomic E-state index is 12.3. The first-order valence-electron chi connectivity index (χ1n) is 21.6. The normalized spacial score (nSPS) is 12.0. The molecule has 0 fully saturated rings. The molecule has 4 heterocycles. The minimum atomic E-state index is 0.582. The van der Waals surface area contributed by atoms with E-state index in [1.807, 2.05) is 24.8 Å². The summed E-state index contributed by atoms with van der Waals surface area (Å²) in [5.74, 6) is 0. The van der Waals surface area contributed by atoms with Crippen LogP contribution in [-0.4, -0.2) is 19.1 Å². The summed E-state index contributed by atoms with van der Waals surface area (Å²) in [5.41, 5.74) is 12.5. The molecule has 0 aliphatic heterocycles. The highest BCUT2D eigenvalue weighted by Crippen LogP contribution is 2.54. The number of hydrogen-bond donors (Lipinski definition) is 0. The predicted molar refractivity (Wildman–Crippen MR) is 264 cm³/mol. The van der Waals surface area contributed by atoms with Crippen molar-refractivity contribution >= 4 is 86.7 Å². The summed E-state index contributed by atoms with van der Waals surface area (Å²) in [5, 5.41) is 26.1. The number of fused-ring (bicyclic) bond motifs is 6. The first kappa shape index (κ1) is 34.8. The minimum absolute atomic E-state index is 0.582. The van der Waals surface area contributed by atoms with Crippen molar-refractivity contribution in [3.05, 3.63) is 206 Å². The lowest BCUT2D eigenvalue weighted by Crippen LogP contribution is -2.10. The molecule has 0 N–H and O–H groups in total. The van der Waals surface area contributed by atoms with Gasteiger partial charge in [0.2, 0.25) is 0 Å². The molecule has 0 spiro atoms. The summed E-state index contributed by atoms with van der Waals surface area (Å²) in [6.45, 7) is 0. The third kappa shape index (κ3) is 4.50. The Bertz CT molecular complexity index is 3810. The van der Waals surface area contributed by atoms with Gasteiger partial charge in [0.05, 0.1) is 33.4 Å². The quantitative estimate of drug-likeness (QED) is 0.163. The van der Waals surface area contributed by atoms with Crippen molar-refractivity contribution in [2.45, 2.75) is 0 Å². The zero-order valence-electron chi connectivity index (χ0n) is 34.3. The molecule has 0 amide bonds. The van der Waals surface area contributed by atoms with E-state index >= 15 is 0 Å². The molecule has 14 aromatic rings. The van der Waals surface area contributed by atoms with Crippen molar-refractivity contribution in [1.82, 2.24) is 19.1 Å². The smallest absolute Gasteiger partial charge is 0.104 e. The molecule has 5 nitrogen and oxygen atoms in total. The average molecular weight is 812 g/mol. The van der Waals surface area contributed by atoms with Crippen LogP contribution < -0.4 is 0 Å². The highest BCUT2D eigenvalue weighted by Gasteiger charge is 2.33. The summed E-state index contributed by atoms with van der Waals surface area (Å²) in [7, 11) is 0. The SMILES string of the molecule is N#Cc1c(-n2c3cccc4c5ccncc5c5cccc2c5c43)c(-c2ccccc2)c(-c2ccccc2)c(-c2ccccc2)c1-n1c2cccc3c4ccncc4c4cccc1c4c32. The third-order valence-corrected chi connectivity index (χ3v) is 13.6. The van der Waals surface area contributed by atoms with Crippen LogP contribution in [0.5, 0.6) is 0 Å². The largest absolute Gasteiger partial charge is 0.307 e. The van der Waals surface area contributed by atoms with Gasteiger partial charge in [-0.25, -0.2) is 0 Å². The average Bonchev–Trinajstić information content (AvgIpc) is 3.89. The fraction of sp³-hybridized carbons (Fsp3) is 0. The van der Waals surface area contributed by atoms with Crippen LogP contribution in [0.3, 0.4) is 0 Å². The molecule has 0 atom stereocenters. The van der Waals surface area contributed by atoms with Crippen LogP contribution in [0.2, 0.25) is 0 Å². The van der Waals surface area contributed by atoms with Crippen molar-refractivity contribution in [3.8, 4) is 50.8 Å². The fourth-order valence-electron chi connectivity index (χ4n) is 11.2. The van der Waals surface area contributed by atoms with E-state index in [4.69, 9.17) is 0 Å². The van der Waals surface area contributed by atoms with Gasteiger partial charge in [-0.15, -0.1) is 0 Å². The summed E-state index contributed by atoms with van der Waals surface area (Å²) >= 11 is 0. The summed E-state index contributed by atoms with van der Waals surface area (Å²) in [6.07, 6.45) is 7.75. The van der Waals surface area contributed by atoms with Crippen molar-refractivity contribution in [2.75, 3.05) is 0 Å². The highest BCUT2D eigenvalue weighted by molar-refractivity contribution is 6.36. The summed E-state index contributed by atoms with van der Waals surface area (Å²) in [6, 6.07) is 65.7. The molecule has 0 aliphatic carbocycles.